The summed E-state index contributed by atoms with van der Waals surface area (Å²) in [6, 6.07) is 14.9. The van der Waals surface area contributed by atoms with Crippen molar-refractivity contribution in [3.8, 4) is 11.5 Å². The first-order valence-electron chi connectivity index (χ1n) is 14.5. The normalized spacial score (nSPS) is 12.6. The van der Waals surface area contributed by atoms with E-state index in [2.05, 4.69) is 24.5 Å². The fourth-order valence-corrected chi connectivity index (χ4v) is 4.26. The van der Waals surface area contributed by atoms with Crippen molar-refractivity contribution >= 4 is 11.6 Å². The summed E-state index contributed by atoms with van der Waals surface area (Å²) in [5, 5.41) is 6.68. The summed E-state index contributed by atoms with van der Waals surface area (Å²) in [5.41, 5.74) is 1.37. The Morgan fingerprint density at radius 1 is 0.632 bits per heavy atom. The number of rotatable bonds is 21. The smallest absolute Gasteiger partial charge is 0.167 e. The number of nitrogens with one attached hydrogen (secondary N) is 2. The van der Waals surface area contributed by atoms with Gasteiger partial charge in [0.05, 0.1) is 13.2 Å². The number of carbonyl (C=O) groups is 2. The van der Waals surface area contributed by atoms with Gasteiger partial charge in [-0.2, -0.15) is 0 Å². The molecule has 0 saturated carbocycles. The van der Waals surface area contributed by atoms with Crippen LogP contribution in [-0.4, -0.2) is 51.0 Å². The molecule has 2 rings (SSSR count). The van der Waals surface area contributed by atoms with Gasteiger partial charge in [0.25, 0.3) is 0 Å². The van der Waals surface area contributed by atoms with Crippen molar-refractivity contribution in [2.24, 2.45) is 11.8 Å². The largest absolute Gasteiger partial charge is 0.494 e. The second kappa shape index (κ2) is 18.5. The van der Waals surface area contributed by atoms with E-state index in [1.54, 1.807) is 0 Å². The van der Waals surface area contributed by atoms with Gasteiger partial charge in [-0.1, -0.05) is 40.5 Å². The number of hydrogen-bond acceptors (Lipinski definition) is 6. The van der Waals surface area contributed by atoms with Crippen molar-refractivity contribution in [1.29, 1.82) is 0 Å². The first-order chi connectivity index (χ1) is 18.5. The van der Waals surface area contributed by atoms with Gasteiger partial charge >= 0.3 is 0 Å². The minimum Gasteiger partial charge on any atom is -0.494 e. The average Bonchev–Trinajstić information content (AvgIpc) is 2.95. The predicted octanol–water partition coefficient (Wildman–Crippen LogP) is 6.34. The SMILES string of the molecule is CCCCOc1ccc(C(=O)[C@@H](CC[C@@H](CNCC)C(=O)c2ccc(OCCCC)cc2)CNCC)cc1. The number of benzene rings is 2. The van der Waals surface area contributed by atoms with Crippen LogP contribution < -0.4 is 20.1 Å². The summed E-state index contributed by atoms with van der Waals surface area (Å²) in [7, 11) is 0. The minimum atomic E-state index is -0.201. The maximum Gasteiger partial charge on any atom is 0.167 e. The Morgan fingerprint density at radius 3 is 1.32 bits per heavy atom. The van der Waals surface area contributed by atoms with Gasteiger partial charge in [0.15, 0.2) is 11.6 Å². The van der Waals surface area contributed by atoms with Gasteiger partial charge in [-0.3, -0.25) is 9.59 Å². The van der Waals surface area contributed by atoms with E-state index < -0.39 is 0 Å². The highest BCUT2D eigenvalue weighted by Crippen LogP contribution is 2.23. The molecule has 0 fully saturated rings. The number of ether oxygens (including phenoxy) is 2. The highest BCUT2D eigenvalue weighted by atomic mass is 16.5. The lowest BCUT2D eigenvalue weighted by Gasteiger charge is -2.21. The molecule has 38 heavy (non-hydrogen) atoms. The molecule has 210 valence electrons. The number of ketones is 2. The van der Waals surface area contributed by atoms with Crippen LogP contribution in [0.4, 0.5) is 0 Å². The van der Waals surface area contributed by atoms with Gasteiger partial charge in [-0.25, -0.2) is 0 Å². The number of unbranched alkanes of at least 4 members (excludes halogenated alkanes) is 2. The Kier molecular flexibility index (Phi) is 15.4. The van der Waals surface area contributed by atoms with Crippen molar-refractivity contribution in [1.82, 2.24) is 10.6 Å². The van der Waals surface area contributed by atoms with Crippen LogP contribution in [0.3, 0.4) is 0 Å². The van der Waals surface area contributed by atoms with Gasteiger partial charge in [0, 0.05) is 36.1 Å². The summed E-state index contributed by atoms with van der Waals surface area (Å²) in [6.45, 7) is 12.5. The molecule has 0 aliphatic rings. The van der Waals surface area contributed by atoms with Crippen LogP contribution in [0.15, 0.2) is 48.5 Å². The fourth-order valence-electron chi connectivity index (χ4n) is 4.26. The van der Waals surface area contributed by atoms with Gasteiger partial charge in [-0.15, -0.1) is 0 Å². The lowest BCUT2D eigenvalue weighted by molar-refractivity contribution is 0.0865. The van der Waals surface area contributed by atoms with Crippen LogP contribution in [0.5, 0.6) is 11.5 Å². The Bertz CT molecular complexity index is 850. The van der Waals surface area contributed by atoms with Crippen molar-refractivity contribution in [3.05, 3.63) is 59.7 Å². The number of Topliss-reactive ketones (excluding diaryl/α,β-unsaturated/α-hetero) is 2. The quantitative estimate of drug-likeness (QED) is 0.147. The van der Waals surface area contributed by atoms with E-state index >= 15 is 0 Å². The van der Waals surface area contributed by atoms with E-state index in [4.69, 9.17) is 9.47 Å². The molecule has 0 saturated heterocycles. The Morgan fingerprint density at radius 2 is 1.00 bits per heavy atom. The molecule has 2 aromatic rings. The van der Waals surface area contributed by atoms with Crippen LogP contribution in [-0.2, 0) is 0 Å². The summed E-state index contributed by atoms with van der Waals surface area (Å²) >= 11 is 0. The van der Waals surface area contributed by atoms with Crippen LogP contribution in [0, 0.1) is 11.8 Å². The fraction of sp³-hybridized carbons (Fsp3) is 0.562. The lowest BCUT2D eigenvalue weighted by Crippen LogP contribution is -2.32. The van der Waals surface area contributed by atoms with Gasteiger partial charge in [0.1, 0.15) is 11.5 Å². The Labute approximate surface area is 229 Å². The second-order valence-corrected chi connectivity index (χ2v) is 9.77. The van der Waals surface area contributed by atoms with E-state index in [0.29, 0.717) is 50.3 Å². The molecule has 0 bridgehead atoms. The number of hydrogen-bond donors (Lipinski definition) is 2. The molecule has 0 aromatic heterocycles. The molecule has 0 aliphatic carbocycles. The van der Waals surface area contributed by atoms with Crippen molar-refractivity contribution in [2.45, 2.75) is 66.2 Å². The average molecular weight is 525 g/mol. The van der Waals surface area contributed by atoms with E-state index in [1.165, 1.54) is 0 Å². The Balaban J connectivity index is 2.07. The lowest BCUT2D eigenvalue weighted by atomic mass is 9.86. The van der Waals surface area contributed by atoms with E-state index in [0.717, 1.165) is 50.3 Å². The first-order valence-corrected chi connectivity index (χ1v) is 14.5. The van der Waals surface area contributed by atoms with Crippen LogP contribution in [0.1, 0.15) is 86.9 Å². The van der Waals surface area contributed by atoms with Crippen LogP contribution >= 0.6 is 0 Å². The molecule has 0 unspecified atom stereocenters. The molecule has 0 heterocycles. The third-order valence-corrected chi connectivity index (χ3v) is 6.70. The van der Waals surface area contributed by atoms with E-state index in [1.807, 2.05) is 62.4 Å². The molecule has 0 spiro atoms. The number of carbonyl (C=O) groups excluding carboxylic acids is 2. The monoisotopic (exact) mass is 524 g/mol. The zero-order valence-corrected chi connectivity index (χ0v) is 23.9. The highest BCUT2D eigenvalue weighted by Gasteiger charge is 2.25. The predicted molar refractivity (Wildman–Crippen MR) is 156 cm³/mol. The topological polar surface area (TPSA) is 76.7 Å². The van der Waals surface area contributed by atoms with E-state index in [-0.39, 0.29) is 23.4 Å². The third kappa shape index (κ3) is 11.0. The minimum absolute atomic E-state index is 0.106. The van der Waals surface area contributed by atoms with Gasteiger partial charge in [0.2, 0.25) is 0 Å². The third-order valence-electron chi connectivity index (χ3n) is 6.70. The van der Waals surface area contributed by atoms with Crippen molar-refractivity contribution < 1.29 is 19.1 Å². The maximum absolute atomic E-state index is 13.4. The second-order valence-electron chi connectivity index (χ2n) is 9.77. The van der Waals surface area contributed by atoms with Crippen LogP contribution in [0.25, 0.3) is 0 Å². The molecular formula is C32H48N2O4. The van der Waals surface area contributed by atoms with Crippen molar-refractivity contribution in [2.75, 3.05) is 39.4 Å². The van der Waals surface area contributed by atoms with Crippen LogP contribution in [0.2, 0.25) is 0 Å². The maximum atomic E-state index is 13.4. The highest BCUT2D eigenvalue weighted by molar-refractivity contribution is 5.99. The van der Waals surface area contributed by atoms with Gasteiger partial charge < -0.3 is 20.1 Å². The first kappa shape index (κ1) is 31.5. The summed E-state index contributed by atoms with van der Waals surface area (Å²) in [6.07, 6.45) is 5.46. The molecule has 2 N–H and O–H groups in total. The molecule has 0 aliphatic heterocycles. The van der Waals surface area contributed by atoms with E-state index in [9.17, 15) is 9.59 Å². The summed E-state index contributed by atoms with van der Waals surface area (Å²) < 4.78 is 11.5. The molecule has 2 atom stereocenters. The molecule has 2 aromatic carbocycles. The molecule has 6 nitrogen and oxygen atoms in total. The molecule has 0 amide bonds. The standard InChI is InChI=1S/C32H48N2O4/c1-5-9-21-37-29-17-13-25(14-18-29)31(35)27(23-33-7-3)11-12-28(24-34-8-4)32(36)26-15-19-30(20-16-26)38-22-10-6-2/h13-20,27-28,33-34H,5-12,21-24H2,1-4H3/t27-,28-/m0/s1. The van der Waals surface area contributed by atoms with Crippen molar-refractivity contribution in [3.63, 3.8) is 0 Å². The Hall–Kier alpha value is -2.70. The van der Waals surface area contributed by atoms with Gasteiger partial charge in [-0.05, 0) is 87.3 Å². The summed E-state index contributed by atoms with van der Waals surface area (Å²) in [4.78, 5) is 26.9. The molecular weight excluding hydrogens is 476 g/mol. The molecule has 0 radical (unpaired) electrons. The zero-order valence-electron chi connectivity index (χ0n) is 23.9. The summed E-state index contributed by atoms with van der Waals surface area (Å²) in [5.74, 6) is 1.39. The molecule has 6 heteroatoms. The zero-order chi connectivity index (χ0) is 27.6.